The molecule has 1 N–H and O–H groups in total. The number of hydrogen-bond acceptors (Lipinski definition) is 4. The van der Waals surface area contributed by atoms with E-state index in [-0.39, 0.29) is 12.5 Å². The summed E-state index contributed by atoms with van der Waals surface area (Å²) in [6.07, 6.45) is 2.02. The zero-order valence-corrected chi connectivity index (χ0v) is 14.3. The van der Waals surface area contributed by atoms with Crippen LogP contribution in [0.4, 0.5) is 0 Å². The van der Waals surface area contributed by atoms with Crippen LogP contribution in [0.1, 0.15) is 18.1 Å². The summed E-state index contributed by atoms with van der Waals surface area (Å²) in [6, 6.07) is 16.0. The van der Waals surface area contributed by atoms with E-state index >= 15 is 0 Å². The highest BCUT2D eigenvalue weighted by molar-refractivity contribution is 7.99. The van der Waals surface area contributed by atoms with E-state index in [2.05, 4.69) is 0 Å². The summed E-state index contributed by atoms with van der Waals surface area (Å²) in [6.45, 7) is 2.11. The van der Waals surface area contributed by atoms with E-state index < -0.39 is 0 Å². The van der Waals surface area contributed by atoms with E-state index in [0.29, 0.717) is 6.61 Å². The molecule has 0 unspecified atom stereocenters. The van der Waals surface area contributed by atoms with Crippen LogP contribution in [0.2, 0.25) is 0 Å². The minimum absolute atomic E-state index is 0.233. The molecular formula is C19H19NO3S. The first-order valence-electron chi connectivity index (χ1n) is 7.72. The van der Waals surface area contributed by atoms with E-state index in [0.717, 1.165) is 38.2 Å². The van der Waals surface area contributed by atoms with Crippen molar-refractivity contribution in [2.45, 2.75) is 18.4 Å². The second-order valence-electron chi connectivity index (χ2n) is 5.62. The minimum atomic E-state index is -0.355. The monoisotopic (exact) mass is 341 g/mol. The number of amides is 1. The van der Waals surface area contributed by atoms with Gasteiger partial charge in [-0.1, -0.05) is 48.5 Å². The number of hydroxylamine groups is 2. The third-order valence-electron chi connectivity index (χ3n) is 3.72. The van der Waals surface area contributed by atoms with E-state index in [9.17, 15) is 10.0 Å². The third-order valence-corrected chi connectivity index (χ3v) is 4.97. The molecule has 1 heterocycles. The lowest BCUT2D eigenvalue weighted by Crippen LogP contribution is -2.27. The summed E-state index contributed by atoms with van der Waals surface area (Å²) in [7, 11) is 0. The standard InChI is InChI=1S/C19H19NO3S/c1-14(21)20(22)11-16-10-17-8-5-9-18(19(17)24-13-16)23-12-15-6-3-2-4-7-15/h2-10,22H,11-13H2,1H3. The number of fused-ring (bicyclic) bond motifs is 1. The second-order valence-corrected chi connectivity index (χ2v) is 6.60. The molecule has 0 aliphatic carbocycles. The molecule has 0 atom stereocenters. The van der Waals surface area contributed by atoms with Crippen molar-refractivity contribution in [3.05, 3.63) is 65.2 Å². The van der Waals surface area contributed by atoms with Crippen LogP contribution in [-0.2, 0) is 11.4 Å². The molecule has 0 aromatic heterocycles. The van der Waals surface area contributed by atoms with Gasteiger partial charge in [0, 0.05) is 12.7 Å². The number of hydrogen-bond donors (Lipinski definition) is 1. The summed E-state index contributed by atoms with van der Waals surface area (Å²) < 4.78 is 5.98. The number of carbonyl (C=O) groups is 1. The first-order valence-corrected chi connectivity index (χ1v) is 8.71. The fourth-order valence-electron chi connectivity index (χ4n) is 2.47. The lowest BCUT2D eigenvalue weighted by molar-refractivity contribution is -0.160. The number of carbonyl (C=O) groups excluding carboxylic acids is 1. The highest BCUT2D eigenvalue weighted by Gasteiger charge is 2.17. The van der Waals surface area contributed by atoms with Gasteiger partial charge in [-0.05, 0) is 22.8 Å². The van der Waals surface area contributed by atoms with Gasteiger partial charge < -0.3 is 4.74 Å². The molecule has 1 aliphatic rings. The molecule has 2 aromatic rings. The van der Waals surface area contributed by atoms with E-state index in [1.165, 1.54) is 6.92 Å². The molecule has 0 spiro atoms. The first-order chi connectivity index (χ1) is 11.6. The van der Waals surface area contributed by atoms with Crippen molar-refractivity contribution in [1.29, 1.82) is 0 Å². The van der Waals surface area contributed by atoms with Crippen molar-refractivity contribution in [1.82, 2.24) is 5.06 Å². The van der Waals surface area contributed by atoms with E-state index in [1.54, 1.807) is 11.8 Å². The number of ether oxygens (including phenoxy) is 1. The average Bonchev–Trinajstić information content (AvgIpc) is 2.60. The molecule has 0 bridgehead atoms. The maximum Gasteiger partial charge on any atom is 0.243 e. The number of rotatable bonds is 5. The summed E-state index contributed by atoms with van der Waals surface area (Å²) >= 11 is 1.67. The molecule has 0 saturated carbocycles. The molecule has 3 rings (SSSR count). The van der Waals surface area contributed by atoms with Gasteiger partial charge in [0.1, 0.15) is 12.4 Å². The van der Waals surface area contributed by atoms with Crippen LogP contribution >= 0.6 is 11.8 Å². The van der Waals surface area contributed by atoms with Crippen LogP contribution in [0, 0.1) is 0 Å². The van der Waals surface area contributed by atoms with E-state index in [1.807, 2.05) is 54.6 Å². The largest absolute Gasteiger partial charge is 0.488 e. The summed E-state index contributed by atoms with van der Waals surface area (Å²) in [5, 5.41) is 10.3. The predicted molar refractivity (Wildman–Crippen MR) is 95.1 cm³/mol. The van der Waals surface area contributed by atoms with Gasteiger partial charge in [0.25, 0.3) is 0 Å². The van der Waals surface area contributed by atoms with Gasteiger partial charge in [0.05, 0.1) is 11.4 Å². The van der Waals surface area contributed by atoms with Gasteiger partial charge in [0.2, 0.25) is 5.91 Å². The number of benzene rings is 2. The maximum atomic E-state index is 11.2. The Hall–Kier alpha value is -2.24. The fraction of sp³-hybridized carbons (Fsp3) is 0.211. The van der Waals surface area contributed by atoms with Crippen LogP contribution < -0.4 is 4.74 Å². The molecule has 4 nitrogen and oxygen atoms in total. The van der Waals surface area contributed by atoms with Crippen molar-refractivity contribution >= 4 is 23.7 Å². The third kappa shape index (κ3) is 3.99. The lowest BCUT2D eigenvalue weighted by Gasteiger charge is -2.21. The molecule has 2 aromatic carbocycles. The van der Waals surface area contributed by atoms with Crippen LogP contribution in [0.15, 0.2) is 59.0 Å². The Morgan fingerprint density at radius 1 is 1.21 bits per heavy atom. The van der Waals surface area contributed by atoms with Crippen molar-refractivity contribution in [3.63, 3.8) is 0 Å². The van der Waals surface area contributed by atoms with Gasteiger partial charge in [-0.3, -0.25) is 10.0 Å². The molecule has 5 heteroatoms. The van der Waals surface area contributed by atoms with Crippen LogP contribution in [0.25, 0.3) is 6.08 Å². The second kappa shape index (κ2) is 7.55. The van der Waals surface area contributed by atoms with Crippen molar-refractivity contribution in [2.75, 3.05) is 12.3 Å². The van der Waals surface area contributed by atoms with Crippen LogP contribution in [0.5, 0.6) is 5.75 Å². The Balaban J connectivity index is 1.74. The maximum absolute atomic E-state index is 11.2. The summed E-state index contributed by atoms with van der Waals surface area (Å²) in [5.74, 6) is 1.24. The highest BCUT2D eigenvalue weighted by Crippen LogP contribution is 2.39. The SMILES string of the molecule is CC(=O)N(O)CC1=Cc2cccc(OCc3ccccc3)c2SC1. The molecular weight excluding hydrogens is 322 g/mol. The Kier molecular flexibility index (Phi) is 5.23. The number of thioether (sulfide) groups is 1. The van der Waals surface area contributed by atoms with Gasteiger partial charge in [0.15, 0.2) is 0 Å². The van der Waals surface area contributed by atoms with Crippen molar-refractivity contribution in [2.24, 2.45) is 0 Å². The van der Waals surface area contributed by atoms with Gasteiger partial charge in [-0.2, -0.15) is 0 Å². The average molecular weight is 341 g/mol. The minimum Gasteiger partial charge on any atom is -0.488 e. The first kappa shape index (κ1) is 16.6. The smallest absolute Gasteiger partial charge is 0.243 e. The Morgan fingerprint density at radius 3 is 2.75 bits per heavy atom. The molecule has 0 radical (unpaired) electrons. The number of nitrogens with zero attached hydrogens (tertiary/aromatic N) is 1. The van der Waals surface area contributed by atoms with Crippen LogP contribution in [0.3, 0.4) is 0 Å². The van der Waals surface area contributed by atoms with Crippen molar-refractivity contribution in [3.8, 4) is 5.75 Å². The Bertz CT molecular complexity index is 758. The normalized spacial score (nSPS) is 13.0. The molecule has 1 aliphatic heterocycles. The predicted octanol–water partition coefficient (Wildman–Crippen LogP) is 3.99. The highest BCUT2D eigenvalue weighted by atomic mass is 32.2. The molecule has 124 valence electrons. The van der Waals surface area contributed by atoms with Gasteiger partial charge in [-0.25, -0.2) is 5.06 Å². The molecule has 0 saturated heterocycles. The quantitative estimate of drug-likeness (QED) is 0.660. The Labute approximate surface area is 145 Å². The van der Waals surface area contributed by atoms with Gasteiger partial charge in [-0.15, -0.1) is 11.8 Å². The molecule has 0 fully saturated rings. The van der Waals surface area contributed by atoms with Crippen LogP contribution in [-0.4, -0.2) is 28.5 Å². The fourth-order valence-corrected chi connectivity index (χ4v) is 3.54. The lowest BCUT2D eigenvalue weighted by atomic mass is 10.1. The topological polar surface area (TPSA) is 49.8 Å². The summed E-state index contributed by atoms with van der Waals surface area (Å²) in [4.78, 5) is 12.3. The Morgan fingerprint density at radius 2 is 2.00 bits per heavy atom. The van der Waals surface area contributed by atoms with Gasteiger partial charge >= 0.3 is 0 Å². The molecule has 24 heavy (non-hydrogen) atoms. The summed E-state index contributed by atoms with van der Waals surface area (Å²) in [5.41, 5.74) is 3.19. The zero-order valence-electron chi connectivity index (χ0n) is 13.4. The molecule has 1 amide bonds. The van der Waals surface area contributed by atoms with E-state index in [4.69, 9.17) is 4.74 Å². The van der Waals surface area contributed by atoms with Crippen molar-refractivity contribution < 1.29 is 14.7 Å². The zero-order chi connectivity index (χ0) is 16.9.